The lowest BCUT2D eigenvalue weighted by Gasteiger charge is -2.09. The van der Waals surface area contributed by atoms with E-state index in [1.165, 1.54) is 26.5 Å². The Kier molecular flexibility index (Phi) is 8.25. The molecule has 2 aromatic rings. The Balaban J connectivity index is 1.84. The molecule has 2 amide bonds. The highest BCUT2D eigenvalue weighted by Gasteiger charge is 2.11. The van der Waals surface area contributed by atoms with Gasteiger partial charge in [0.25, 0.3) is 11.8 Å². The van der Waals surface area contributed by atoms with Crippen molar-refractivity contribution >= 4 is 18.0 Å². The van der Waals surface area contributed by atoms with E-state index in [9.17, 15) is 9.59 Å². The zero-order valence-corrected chi connectivity index (χ0v) is 16.3. The van der Waals surface area contributed by atoms with E-state index in [4.69, 9.17) is 14.2 Å². The first-order chi connectivity index (χ1) is 14.1. The first-order valence-corrected chi connectivity index (χ1v) is 8.73. The maximum atomic E-state index is 12.2. The molecule has 2 aromatic carbocycles. The predicted octanol–water partition coefficient (Wildman–Crippen LogP) is 2.15. The van der Waals surface area contributed by atoms with Crippen molar-refractivity contribution < 1.29 is 23.8 Å². The molecule has 0 aliphatic heterocycles. The molecule has 0 saturated carbocycles. The fourth-order valence-corrected chi connectivity index (χ4v) is 2.30. The average Bonchev–Trinajstić information content (AvgIpc) is 2.75. The van der Waals surface area contributed by atoms with Crippen LogP contribution in [0.2, 0.25) is 0 Å². The lowest BCUT2D eigenvalue weighted by Crippen LogP contribution is -2.34. The number of methoxy groups -OCH3 is 2. The highest BCUT2D eigenvalue weighted by Crippen LogP contribution is 2.27. The van der Waals surface area contributed by atoms with E-state index in [2.05, 4.69) is 22.4 Å². The third-order valence-electron chi connectivity index (χ3n) is 3.68. The maximum Gasteiger partial charge on any atom is 0.259 e. The van der Waals surface area contributed by atoms with Crippen LogP contribution in [0, 0.1) is 0 Å². The second-order valence-electron chi connectivity index (χ2n) is 5.72. The number of amides is 2. The van der Waals surface area contributed by atoms with Crippen LogP contribution in [0.3, 0.4) is 0 Å². The molecule has 0 atom stereocenters. The van der Waals surface area contributed by atoms with Crippen molar-refractivity contribution in [2.75, 3.05) is 27.4 Å². The Labute approximate surface area is 169 Å². The van der Waals surface area contributed by atoms with Gasteiger partial charge >= 0.3 is 0 Å². The van der Waals surface area contributed by atoms with Gasteiger partial charge in [0.1, 0.15) is 12.4 Å². The zero-order valence-electron chi connectivity index (χ0n) is 16.3. The summed E-state index contributed by atoms with van der Waals surface area (Å²) in [6.45, 7) is 3.76. The highest BCUT2D eigenvalue weighted by atomic mass is 16.5. The monoisotopic (exact) mass is 397 g/mol. The van der Waals surface area contributed by atoms with Crippen molar-refractivity contribution in [2.45, 2.75) is 0 Å². The van der Waals surface area contributed by atoms with E-state index in [1.54, 1.807) is 24.3 Å². The Hall–Kier alpha value is -3.81. The van der Waals surface area contributed by atoms with E-state index in [0.717, 1.165) is 5.56 Å². The molecule has 0 aromatic heterocycles. The van der Waals surface area contributed by atoms with Crippen LogP contribution in [0.25, 0.3) is 0 Å². The minimum atomic E-state index is -0.464. The van der Waals surface area contributed by atoms with Gasteiger partial charge in [0.2, 0.25) is 0 Å². The molecule has 8 heteroatoms. The van der Waals surface area contributed by atoms with Crippen LogP contribution in [0.1, 0.15) is 15.9 Å². The Morgan fingerprint density at radius 3 is 2.62 bits per heavy atom. The van der Waals surface area contributed by atoms with E-state index >= 15 is 0 Å². The normalized spacial score (nSPS) is 10.3. The van der Waals surface area contributed by atoms with Gasteiger partial charge in [-0.15, -0.1) is 0 Å². The minimum absolute atomic E-state index is 0.229. The number of carbonyl (C=O) groups excluding carboxylic acids is 2. The van der Waals surface area contributed by atoms with Crippen molar-refractivity contribution in [3.05, 3.63) is 66.2 Å². The fourth-order valence-electron chi connectivity index (χ4n) is 2.30. The fraction of sp³-hybridized carbons (Fsp3) is 0.190. The summed E-state index contributed by atoms with van der Waals surface area (Å²) in [6, 6.07) is 11.9. The second kappa shape index (κ2) is 11.1. The third-order valence-corrected chi connectivity index (χ3v) is 3.68. The maximum absolute atomic E-state index is 12.2. The smallest absolute Gasteiger partial charge is 0.259 e. The average molecular weight is 397 g/mol. The summed E-state index contributed by atoms with van der Waals surface area (Å²) < 4.78 is 15.7. The molecule has 152 valence electrons. The summed E-state index contributed by atoms with van der Waals surface area (Å²) in [5, 5.41) is 6.39. The molecule has 0 fully saturated rings. The van der Waals surface area contributed by atoms with Crippen LogP contribution in [0.5, 0.6) is 17.2 Å². The van der Waals surface area contributed by atoms with Gasteiger partial charge in [-0.3, -0.25) is 9.59 Å². The first-order valence-electron chi connectivity index (χ1n) is 8.73. The molecule has 0 bridgehead atoms. The zero-order chi connectivity index (χ0) is 21.1. The molecule has 0 aliphatic carbocycles. The molecule has 8 nitrogen and oxygen atoms in total. The number of rotatable bonds is 10. The van der Waals surface area contributed by atoms with Crippen molar-refractivity contribution in [1.29, 1.82) is 0 Å². The lowest BCUT2D eigenvalue weighted by atomic mass is 10.2. The van der Waals surface area contributed by atoms with E-state index < -0.39 is 11.8 Å². The molecule has 0 aliphatic rings. The third kappa shape index (κ3) is 6.69. The molecule has 0 saturated heterocycles. The molecule has 29 heavy (non-hydrogen) atoms. The lowest BCUT2D eigenvalue weighted by molar-refractivity contribution is -0.120. The van der Waals surface area contributed by atoms with E-state index in [1.807, 2.05) is 18.2 Å². The van der Waals surface area contributed by atoms with Gasteiger partial charge in [-0.05, 0) is 35.9 Å². The number of benzene rings is 2. The van der Waals surface area contributed by atoms with Crippen molar-refractivity contribution in [2.24, 2.45) is 5.10 Å². The summed E-state index contributed by atoms with van der Waals surface area (Å²) in [5.74, 6) is 0.720. The van der Waals surface area contributed by atoms with Gasteiger partial charge in [-0.2, -0.15) is 5.10 Å². The van der Waals surface area contributed by atoms with Crippen molar-refractivity contribution in [3.63, 3.8) is 0 Å². The molecule has 0 radical (unpaired) electrons. The molecule has 0 heterocycles. The van der Waals surface area contributed by atoms with E-state index in [0.29, 0.717) is 29.4 Å². The largest absolute Gasteiger partial charge is 0.493 e. The number of nitrogens with one attached hydrogen (secondary N) is 2. The van der Waals surface area contributed by atoms with Crippen molar-refractivity contribution in [3.8, 4) is 17.2 Å². The van der Waals surface area contributed by atoms with Gasteiger partial charge in [0, 0.05) is 5.56 Å². The number of hydrazone groups is 1. The summed E-state index contributed by atoms with van der Waals surface area (Å²) >= 11 is 0. The Morgan fingerprint density at radius 2 is 1.90 bits per heavy atom. The van der Waals surface area contributed by atoms with Gasteiger partial charge in [0.15, 0.2) is 11.5 Å². The predicted molar refractivity (Wildman–Crippen MR) is 110 cm³/mol. The molecule has 0 unspecified atom stereocenters. The topological polar surface area (TPSA) is 98.2 Å². The number of carbonyl (C=O) groups is 2. The number of nitrogens with zero attached hydrogens (tertiary/aromatic N) is 1. The van der Waals surface area contributed by atoms with Gasteiger partial charge in [0.05, 0.1) is 27.0 Å². The van der Waals surface area contributed by atoms with Crippen molar-refractivity contribution in [1.82, 2.24) is 10.7 Å². The highest BCUT2D eigenvalue weighted by molar-refractivity contribution is 5.97. The number of hydrogen-bond donors (Lipinski definition) is 2. The van der Waals surface area contributed by atoms with Crippen LogP contribution < -0.4 is 25.0 Å². The van der Waals surface area contributed by atoms with Crippen LogP contribution in [0.15, 0.2) is 60.2 Å². The molecular formula is C21H23N3O5. The Morgan fingerprint density at radius 1 is 1.10 bits per heavy atom. The van der Waals surface area contributed by atoms with Gasteiger partial charge in [-0.25, -0.2) is 5.43 Å². The number of ether oxygens (including phenoxy) is 3. The Bertz CT molecular complexity index is 896. The number of hydrogen-bond acceptors (Lipinski definition) is 6. The van der Waals surface area contributed by atoms with Crippen LogP contribution >= 0.6 is 0 Å². The summed E-state index contributed by atoms with van der Waals surface area (Å²) in [4.78, 5) is 24.1. The summed E-state index contributed by atoms with van der Waals surface area (Å²) in [7, 11) is 2.99. The second-order valence-corrected chi connectivity index (χ2v) is 5.72. The molecule has 2 rings (SSSR count). The standard InChI is InChI=1S/C21H23N3O5/c1-4-10-29-17-7-5-6-15(11-17)13-23-24-20(25)14-22-21(26)16-8-9-18(27-2)19(12-16)28-3/h4-9,11-13H,1,10,14H2,2-3H3,(H,22,26)(H,24,25)/b23-13-. The van der Waals surface area contributed by atoms with Crippen LogP contribution in [-0.4, -0.2) is 45.4 Å². The van der Waals surface area contributed by atoms with Crippen LogP contribution in [-0.2, 0) is 4.79 Å². The van der Waals surface area contributed by atoms with E-state index in [-0.39, 0.29) is 6.54 Å². The minimum Gasteiger partial charge on any atom is -0.493 e. The molecule has 0 spiro atoms. The van der Waals surface area contributed by atoms with Gasteiger partial charge < -0.3 is 19.5 Å². The summed E-state index contributed by atoms with van der Waals surface area (Å²) in [5.41, 5.74) is 3.45. The van der Waals surface area contributed by atoms with Crippen LogP contribution in [0.4, 0.5) is 0 Å². The quantitative estimate of drug-likeness (QED) is 0.364. The molecular weight excluding hydrogens is 374 g/mol. The molecule has 2 N–H and O–H groups in total. The first kappa shape index (κ1) is 21.5. The summed E-state index contributed by atoms with van der Waals surface area (Å²) in [6.07, 6.45) is 3.13. The van der Waals surface area contributed by atoms with Gasteiger partial charge in [-0.1, -0.05) is 24.8 Å². The SMILES string of the molecule is C=CCOc1cccc(/C=N\NC(=O)CNC(=O)c2ccc(OC)c(OC)c2)c1.